The maximum atomic E-state index is 12.8. The molecule has 0 radical (unpaired) electrons. The maximum Gasteiger partial charge on any atom is 0.242 e. The molecule has 1 unspecified atom stereocenters. The van der Waals surface area contributed by atoms with Crippen LogP contribution in [0.2, 0.25) is 0 Å². The van der Waals surface area contributed by atoms with Crippen molar-refractivity contribution in [2.24, 2.45) is 4.99 Å². The number of amidine groups is 1. The van der Waals surface area contributed by atoms with E-state index in [1.165, 1.54) is 11.8 Å². The predicted octanol–water partition coefficient (Wildman–Crippen LogP) is 4.29. The maximum absolute atomic E-state index is 12.8. The van der Waals surface area contributed by atoms with Gasteiger partial charge in [-0.05, 0) is 68.3 Å². The first-order valence-electron chi connectivity index (χ1n) is 9.48. The first kappa shape index (κ1) is 20.9. The van der Waals surface area contributed by atoms with Crippen molar-refractivity contribution in [2.75, 3.05) is 19.0 Å². The van der Waals surface area contributed by atoms with Crippen molar-refractivity contribution in [3.8, 4) is 5.75 Å². The molecule has 7 heteroatoms. The van der Waals surface area contributed by atoms with Crippen LogP contribution < -0.4 is 10.1 Å². The molecule has 0 bridgehead atoms. The van der Waals surface area contributed by atoms with Gasteiger partial charge in [-0.25, -0.2) is 4.99 Å². The summed E-state index contributed by atoms with van der Waals surface area (Å²) in [5.74, 6) is 0.436. The summed E-state index contributed by atoms with van der Waals surface area (Å²) in [5.41, 5.74) is 3.73. The molecule has 1 aliphatic rings. The Hall–Kier alpha value is -2.80. The Morgan fingerprint density at radius 3 is 2.41 bits per heavy atom. The minimum Gasteiger partial charge on any atom is -0.497 e. The normalized spacial score (nSPS) is 17.7. The van der Waals surface area contributed by atoms with E-state index in [4.69, 9.17) is 4.74 Å². The highest BCUT2D eigenvalue weighted by Gasteiger charge is 2.38. The van der Waals surface area contributed by atoms with E-state index in [2.05, 4.69) is 16.4 Å². The Morgan fingerprint density at radius 1 is 1.17 bits per heavy atom. The Morgan fingerprint density at radius 2 is 1.83 bits per heavy atom. The van der Waals surface area contributed by atoms with Gasteiger partial charge in [-0.1, -0.05) is 17.8 Å². The summed E-state index contributed by atoms with van der Waals surface area (Å²) in [5, 5.41) is 3.00. The fourth-order valence-electron chi connectivity index (χ4n) is 3.20. The number of nitrogens with zero attached hydrogens (tertiary/aromatic N) is 2. The Bertz CT molecular complexity index is 921. The van der Waals surface area contributed by atoms with Crippen molar-refractivity contribution >= 4 is 40.1 Å². The van der Waals surface area contributed by atoms with Crippen LogP contribution in [0, 0.1) is 13.8 Å². The molecule has 1 saturated heterocycles. The van der Waals surface area contributed by atoms with Crippen LogP contribution in [-0.4, -0.2) is 40.8 Å². The second-order valence-corrected chi connectivity index (χ2v) is 8.08. The molecule has 1 N–H and O–H groups in total. The molecule has 1 heterocycles. The SMILES string of the molecule is CCN1C(=O)C(CC(=O)Nc2ccc(OC)cc2)SC1=Nc1cc(C)cc(C)c1. The van der Waals surface area contributed by atoms with Crippen LogP contribution in [0.4, 0.5) is 11.4 Å². The molecule has 2 aromatic rings. The molecule has 0 saturated carbocycles. The van der Waals surface area contributed by atoms with Crippen molar-refractivity contribution in [3.63, 3.8) is 0 Å². The zero-order valence-corrected chi connectivity index (χ0v) is 17.9. The Labute approximate surface area is 175 Å². The number of carbonyl (C=O) groups is 2. The first-order chi connectivity index (χ1) is 13.9. The lowest BCUT2D eigenvalue weighted by atomic mass is 10.1. The summed E-state index contributed by atoms with van der Waals surface area (Å²) < 4.78 is 5.12. The summed E-state index contributed by atoms with van der Waals surface area (Å²) in [7, 11) is 1.59. The number of benzene rings is 2. The number of hydrogen-bond acceptors (Lipinski definition) is 5. The Balaban J connectivity index is 1.70. The van der Waals surface area contributed by atoms with Crippen LogP contribution >= 0.6 is 11.8 Å². The van der Waals surface area contributed by atoms with Gasteiger partial charge in [-0.15, -0.1) is 0 Å². The number of amides is 2. The smallest absolute Gasteiger partial charge is 0.242 e. The quantitative estimate of drug-likeness (QED) is 0.770. The van der Waals surface area contributed by atoms with Gasteiger partial charge in [0.2, 0.25) is 11.8 Å². The van der Waals surface area contributed by atoms with E-state index in [-0.39, 0.29) is 18.2 Å². The monoisotopic (exact) mass is 411 g/mol. The second-order valence-electron chi connectivity index (χ2n) is 6.91. The summed E-state index contributed by atoms with van der Waals surface area (Å²) in [4.78, 5) is 31.6. The lowest BCUT2D eigenvalue weighted by Crippen LogP contribution is -2.33. The van der Waals surface area contributed by atoms with Gasteiger partial charge in [-0.2, -0.15) is 0 Å². The summed E-state index contributed by atoms with van der Waals surface area (Å²) in [6.45, 7) is 6.47. The molecule has 2 aromatic carbocycles. The van der Waals surface area contributed by atoms with E-state index in [1.807, 2.05) is 32.9 Å². The van der Waals surface area contributed by atoms with E-state index in [1.54, 1.807) is 36.3 Å². The minimum atomic E-state index is -0.474. The standard InChI is InChI=1S/C22H25N3O3S/c1-5-25-21(27)19(13-20(26)23-16-6-8-18(28-4)9-7-16)29-22(25)24-17-11-14(2)10-15(3)12-17/h6-12,19H,5,13H2,1-4H3,(H,23,26). The van der Waals surface area contributed by atoms with E-state index in [9.17, 15) is 9.59 Å². The number of methoxy groups -OCH3 is 1. The third kappa shape index (κ3) is 5.17. The number of rotatable bonds is 6. The molecule has 0 spiro atoms. The number of hydrogen-bond donors (Lipinski definition) is 1. The molecule has 0 aromatic heterocycles. The van der Waals surface area contributed by atoms with Crippen LogP contribution in [0.25, 0.3) is 0 Å². The third-order valence-electron chi connectivity index (χ3n) is 4.51. The first-order valence-corrected chi connectivity index (χ1v) is 10.4. The zero-order chi connectivity index (χ0) is 21.0. The highest BCUT2D eigenvalue weighted by atomic mass is 32.2. The van der Waals surface area contributed by atoms with Crippen LogP contribution in [-0.2, 0) is 9.59 Å². The molecule has 3 rings (SSSR count). The highest BCUT2D eigenvalue weighted by molar-refractivity contribution is 8.15. The highest BCUT2D eigenvalue weighted by Crippen LogP contribution is 2.32. The van der Waals surface area contributed by atoms with Crippen molar-refractivity contribution in [3.05, 3.63) is 53.6 Å². The van der Waals surface area contributed by atoms with Crippen LogP contribution in [0.5, 0.6) is 5.75 Å². The number of carbonyl (C=O) groups excluding carboxylic acids is 2. The molecular weight excluding hydrogens is 386 g/mol. The lowest BCUT2D eigenvalue weighted by molar-refractivity contribution is -0.128. The van der Waals surface area contributed by atoms with Gasteiger partial charge < -0.3 is 10.1 Å². The van der Waals surface area contributed by atoms with Gasteiger partial charge in [0.25, 0.3) is 0 Å². The van der Waals surface area contributed by atoms with Gasteiger partial charge in [0, 0.05) is 18.7 Å². The fraction of sp³-hybridized carbons (Fsp3) is 0.318. The molecule has 1 atom stereocenters. The molecule has 1 aliphatic heterocycles. The molecule has 6 nitrogen and oxygen atoms in total. The zero-order valence-electron chi connectivity index (χ0n) is 17.1. The van der Waals surface area contributed by atoms with Gasteiger partial charge in [0.1, 0.15) is 11.0 Å². The number of ether oxygens (including phenoxy) is 1. The van der Waals surface area contributed by atoms with Crippen LogP contribution in [0.3, 0.4) is 0 Å². The average molecular weight is 412 g/mol. The van der Waals surface area contributed by atoms with Crippen molar-refractivity contribution < 1.29 is 14.3 Å². The second kappa shape index (κ2) is 9.13. The number of thioether (sulfide) groups is 1. The number of nitrogens with one attached hydrogen (secondary N) is 1. The van der Waals surface area contributed by atoms with Gasteiger partial charge in [-0.3, -0.25) is 14.5 Å². The number of anilines is 1. The van der Waals surface area contributed by atoms with Crippen LogP contribution in [0.1, 0.15) is 24.5 Å². The van der Waals surface area contributed by atoms with E-state index in [0.29, 0.717) is 17.4 Å². The molecule has 29 heavy (non-hydrogen) atoms. The average Bonchev–Trinajstić information content (AvgIpc) is 2.95. The molecule has 152 valence electrons. The molecule has 1 fully saturated rings. The molecule has 0 aliphatic carbocycles. The number of aryl methyl sites for hydroxylation is 2. The molecule has 2 amide bonds. The van der Waals surface area contributed by atoms with Gasteiger partial charge in [0.05, 0.1) is 12.8 Å². The van der Waals surface area contributed by atoms with Gasteiger partial charge in [0.15, 0.2) is 5.17 Å². The van der Waals surface area contributed by atoms with Crippen molar-refractivity contribution in [1.29, 1.82) is 0 Å². The Kier molecular flexibility index (Phi) is 6.59. The van der Waals surface area contributed by atoms with E-state index >= 15 is 0 Å². The third-order valence-corrected chi connectivity index (χ3v) is 5.69. The minimum absolute atomic E-state index is 0.0782. The van der Waals surface area contributed by atoms with Crippen LogP contribution in [0.15, 0.2) is 47.5 Å². The fourth-order valence-corrected chi connectivity index (χ4v) is 4.42. The van der Waals surface area contributed by atoms with E-state index < -0.39 is 5.25 Å². The lowest BCUT2D eigenvalue weighted by Gasteiger charge is -2.13. The summed E-state index contributed by atoms with van der Waals surface area (Å²) in [6, 6.07) is 13.2. The summed E-state index contributed by atoms with van der Waals surface area (Å²) in [6.07, 6.45) is 0.0951. The summed E-state index contributed by atoms with van der Waals surface area (Å²) >= 11 is 1.35. The van der Waals surface area contributed by atoms with Gasteiger partial charge >= 0.3 is 0 Å². The van der Waals surface area contributed by atoms with Crippen molar-refractivity contribution in [2.45, 2.75) is 32.4 Å². The molecular formula is C22H25N3O3S. The largest absolute Gasteiger partial charge is 0.497 e. The van der Waals surface area contributed by atoms with Crippen molar-refractivity contribution in [1.82, 2.24) is 4.90 Å². The number of aliphatic imine (C=N–C) groups is 1. The van der Waals surface area contributed by atoms with E-state index in [0.717, 1.165) is 22.6 Å². The topological polar surface area (TPSA) is 71.0 Å². The predicted molar refractivity (Wildman–Crippen MR) is 118 cm³/mol.